The lowest BCUT2D eigenvalue weighted by atomic mass is 9.97. The van der Waals surface area contributed by atoms with Crippen LogP contribution in [0.1, 0.15) is 61.8 Å². The summed E-state index contributed by atoms with van der Waals surface area (Å²) in [6.45, 7) is 4.89. The Morgan fingerprint density at radius 1 is 1.23 bits per heavy atom. The van der Waals surface area contributed by atoms with Gasteiger partial charge in [-0.1, -0.05) is 35.9 Å². The van der Waals surface area contributed by atoms with Crippen LogP contribution in [0.2, 0.25) is 0 Å². The van der Waals surface area contributed by atoms with Gasteiger partial charge < -0.3 is 5.32 Å². The van der Waals surface area contributed by atoms with E-state index >= 15 is 0 Å². The average Bonchev–Trinajstić information content (AvgIpc) is 2.96. The average molecular weight is 458 g/mol. The number of nitrogens with one attached hydrogen (secondary N) is 1. The standard InChI is InChI=1S/C24H31N3O2S2/c1-2-15-27-23(29)21-18-11-7-4-8-12-19(18)31-22(21)26-24(27)30-16-20(28)25-14-13-17-9-5-3-6-10-17/h2,9H,1,3-8,10-16H2,(H,25,28). The molecule has 0 radical (unpaired) electrons. The van der Waals surface area contributed by atoms with E-state index in [2.05, 4.69) is 18.0 Å². The number of fused-ring (bicyclic) bond motifs is 3. The van der Waals surface area contributed by atoms with Crippen LogP contribution in [0.15, 0.2) is 34.3 Å². The minimum absolute atomic E-state index is 0.0106. The van der Waals surface area contributed by atoms with E-state index in [1.54, 1.807) is 22.0 Å². The summed E-state index contributed by atoms with van der Waals surface area (Å²) in [5.74, 6) is 0.252. The van der Waals surface area contributed by atoms with E-state index in [-0.39, 0.29) is 17.2 Å². The van der Waals surface area contributed by atoms with Gasteiger partial charge in [0, 0.05) is 18.0 Å². The van der Waals surface area contributed by atoms with Crippen molar-refractivity contribution in [2.24, 2.45) is 0 Å². The summed E-state index contributed by atoms with van der Waals surface area (Å²) >= 11 is 3.01. The molecule has 0 aromatic carbocycles. The topological polar surface area (TPSA) is 64.0 Å². The van der Waals surface area contributed by atoms with Crippen LogP contribution in [0, 0.1) is 0 Å². The van der Waals surface area contributed by atoms with Crippen molar-refractivity contribution in [2.45, 2.75) is 75.9 Å². The highest BCUT2D eigenvalue weighted by atomic mass is 32.2. The van der Waals surface area contributed by atoms with Crippen molar-refractivity contribution < 1.29 is 4.79 Å². The van der Waals surface area contributed by atoms with Crippen molar-refractivity contribution in [3.8, 4) is 0 Å². The van der Waals surface area contributed by atoms with Gasteiger partial charge in [-0.25, -0.2) is 4.98 Å². The number of aryl methyl sites for hydroxylation is 2. The maximum absolute atomic E-state index is 13.3. The van der Waals surface area contributed by atoms with Crippen LogP contribution in [-0.4, -0.2) is 27.8 Å². The molecule has 0 unspecified atom stereocenters. The minimum Gasteiger partial charge on any atom is -0.355 e. The number of thiophene rings is 1. The molecule has 2 aromatic heterocycles. The van der Waals surface area contributed by atoms with Gasteiger partial charge in [0.05, 0.1) is 11.1 Å². The van der Waals surface area contributed by atoms with Crippen LogP contribution < -0.4 is 10.9 Å². The van der Waals surface area contributed by atoms with Crippen molar-refractivity contribution in [2.75, 3.05) is 12.3 Å². The second-order valence-electron chi connectivity index (χ2n) is 8.34. The normalized spacial score (nSPS) is 16.5. The number of allylic oxidation sites excluding steroid dienone is 2. The van der Waals surface area contributed by atoms with E-state index in [9.17, 15) is 9.59 Å². The number of hydrogen-bond donors (Lipinski definition) is 1. The first kappa shape index (κ1) is 22.3. The second-order valence-corrected chi connectivity index (χ2v) is 10.4. The predicted octanol–water partition coefficient (Wildman–Crippen LogP) is 5.01. The Hall–Kier alpha value is -1.86. The number of hydrogen-bond acceptors (Lipinski definition) is 5. The first-order valence-electron chi connectivity index (χ1n) is 11.4. The van der Waals surface area contributed by atoms with Crippen LogP contribution in [0.4, 0.5) is 0 Å². The van der Waals surface area contributed by atoms with E-state index in [1.165, 1.54) is 59.9 Å². The maximum atomic E-state index is 13.3. The molecule has 1 amide bonds. The Balaban J connectivity index is 1.47. The molecule has 0 fully saturated rings. The number of aromatic nitrogens is 2. The molecule has 2 aromatic rings. The number of carbonyl (C=O) groups is 1. The molecule has 7 heteroatoms. The predicted molar refractivity (Wildman–Crippen MR) is 130 cm³/mol. The monoisotopic (exact) mass is 457 g/mol. The third-order valence-corrected chi connectivity index (χ3v) is 8.25. The summed E-state index contributed by atoms with van der Waals surface area (Å²) < 4.78 is 1.68. The molecule has 0 bridgehead atoms. The summed E-state index contributed by atoms with van der Waals surface area (Å²) in [7, 11) is 0. The van der Waals surface area contributed by atoms with Gasteiger partial charge >= 0.3 is 0 Å². The smallest absolute Gasteiger partial charge is 0.263 e. The highest BCUT2D eigenvalue weighted by Crippen LogP contribution is 2.34. The fourth-order valence-electron chi connectivity index (χ4n) is 4.47. The van der Waals surface area contributed by atoms with E-state index < -0.39 is 0 Å². The number of amides is 1. The first-order valence-corrected chi connectivity index (χ1v) is 13.2. The van der Waals surface area contributed by atoms with Gasteiger partial charge in [0.1, 0.15) is 4.83 Å². The third-order valence-electron chi connectivity index (χ3n) is 6.09. The van der Waals surface area contributed by atoms with Crippen LogP contribution in [0.5, 0.6) is 0 Å². The number of carbonyl (C=O) groups excluding carboxylic acids is 1. The lowest BCUT2D eigenvalue weighted by molar-refractivity contribution is -0.118. The van der Waals surface area contributed by atoms with E-state index in [0.717, 1.165) is 42.3 Å². The number of rotatable bonds is 8. The first-order chi connectivity index (χ1) is 15.2. The van der Waals surface area contributed by atoms with Crippen LogP contribution in [0.3, 0.4) is 0 Å². The van der Waals surface area contributed by atoms with Crippen molar-refractivity contribution in [1.29, 1.82) is 0 Å². The van der Waals surface area contributed by atoms with Gasteiger partial charge in [0.2, 0.25) is 5.91 Å². The Morgan fingerprint density at radius 3 is 2.87 bits per heavy atom. The molecule has 166 valence electrons. The summed E-state index contributed by atoms with van der Waals surface area (Å²) in [5.41, 5.74) is 2.68. The summed E-state index contributed by atoms with van der Waals surface area (Å²) in [4.78, 5) is 32.7. The number of nitrogens with zero attached hydrogens (tertiary/aromatic N) is 2. The van der Waals surface area contributed by atoms with Crippen molar-refractivity contribution >= 4 is 39.2 Å². The van der Waals surface area contributed by atoms with E-state index in [0.29, 0.717) is 18.2 Å². The Morgan fingerprint density at radius 2 is 2.06 bits per heavy atom. The lowest BCUT2D eigenvalue weighted by Crippen LogP contribution is -2.28. The molecule has 4 rings (SSSR count). The largest absolute Gasteiger partial charge is 0.355 e. The Kier molecular flexibility index (Phi) is 7.67. The molecule has 0 atom stereocenters. The summed E-state index contributed by atoms with van der Waals surface area (Å²) in [6.07, 6.45) is 15.4. The van der Waals surface area contributed by atoms with Gasteiger partial charge in [-0.05, 0) is 63.4 Å². The van der Waals surface area contributed by atoms with Crippen LogP contribution in [-0.2, 0) is 24.2 Å². The summed E-state index contributed by atoms with van der Waals surface area (Å²) in [6, 6.07) is 0. The van der Waals surface area contributed by atoms with E-state index in [4.69, 9.17) is 4.98 Å². The quantitative estimate of drug-likeness (QED) is 0.262. The fourth-order valence-corrected chi connectivity index (χ4v) is 6.61. The molecule has 0 saturated heterocycles. The highest BCUT2D eigenvalue weighted by Gasteiger charge is 2.21. The second kappa shape index (κ2) is 10.6. The van der Waals surface area contributed by atoms with Gasteiger partial charge in [-0.15, -0.1) is 17.9 Å². The van der Waals surface area contributed by atoms with Crippen molar-refractivity contribution in [1.82, 2.24) is 14.9 Å². The molecule has 0 aliphatic heterocycles. The van der Waals surface area contributed by atoms with E-state index in [1.807, 2.05) is 0 Å². The zero-order valence-electron chi connectivity index (χ0n) is 18.1. The Bertz CT molecular complexity index is 1050. The molecular formula is C24H31N3O2S2. The SMILES string of the molecule is C=CCn1c(SCC(=O)NCCC2=CCCCC2)nc2sc3c(c2c1=O)CCCCC3. The van der Waals surface area contributed by atoms with Gasteiger partial charge in [0.15, 0.2) is 5.16 Å². The molecule has 2 aliphatic rings. The lowest BCUT2D eigenvalue weighted by Gasteiger charge is -2.13. The fraction of sp³-hybridized carbons (Fsp3) is 0.542. The molecule has 0 spiro atoms. The Labute approximate surface area is 192 Å². The minimum atomic E-state index is -0.0112. The molecule has 5 nitrogen and oxygen atoms in total. The molecule has 31 heavy (non-hydrogen) atoms. The summed E-state index contributed by atoms with van der Waals surface area (Å²) in [5, 5.41) is 4.42. The zero-order chi connectivity index (χ0) is 21.6. The molecule has 2 aliphatic carbocycles. The van der Waals surface area contributed by atoms with Crippen molar-refractivity contribution in [3.63, 3.8) is 0 Å². The van der Waals surface area contributed by atoms with Gasteiger partial charge in [0.25, 0.3) is 5.56 Å². The molecular weight excluding hydrogens is 426 g/mol. The van der Waals surface area contributed by atoms with Gasteiger partial charge in [-0.2, -0.15) is 0 Å². The van der Waals surface area contributed by atoms with Gasteiger partial charge in [-0.3, -0.25) is 14.2 Å². The zero-order valence-corrected chi connectivity index (χ0v) is 19.7. The van der Waals surface area contributed by atoms with Crippen LogP contribution in [0.25, 0.3) is 10.2 Å². The van der Waals surface area contributed by atoms with Crippen LogP contribution >= 0.6 is 23.1 Å². The maximum Gasteiger partial charge on any atom is 0.263 e. The number of thioether (sulfide) groups is 1. The molecule has 0 saturated carbocycles. The molecule has 1 N–H and O–H groups in total. The third kappa shape index (κ3) is 5.32. The highest BCUT2D eigenvalue weighted by molar-refractivity contribution is 7.99. The van der Waals surface area contributed by atoms with Crippen molar-refractivity contribution in [3.05, 3.63) is 45.1 Å². The molecule has 2 heterocycles.